The van der Waals surface area contributed by atoms with Crippen LogP contribution < -0.4 is 0 Å². The van der Waals surface area contributed by atoms with Gasteiger partial charge in [-0.3, -0.25) is 9.15 Å². The molecule has 13 heavy (non-hydrogen) atoms. The molecule has 1 aromatic carbocycles. The Hall–Kier alpha value is -1.71. The zero-order chi connectivity index (χ0) is 9.26. The molecule has 4 heteroatoms. The van der Waals surface area contributed by atoms with E-state index < -0.39 is 0 Å². The highest BCUT2D eigenvalue weighted by Crippen LogP contribution is 2.22. The summed E-state index contributed by atoms with van der Waals surface area (Å²) in [6.45, 7) is 2.11. The molecular weight excluding hydrogens is 172 g/mol. The van der Waals surface area contributed by atoms with E-state index in [1.165, 1.54) is 0 Å². The summed E-state index contributed by atoms with van der Waals surface area (Å²) in [5, 5.41) is 0. The summed E-state index contributed by atoms with van der Waals surface area (Å²) < 4.78 is 14.1. The molecule has 0 saturated carbocycles. The molecule has 0 aliphatic heterocycles. The van der Waals surface area contributed by atoms with Crippen molar-refractivity contribution in [1.29, 1.82) is 0 Å². The summed E-state index contributed by atoms with van der Waals surface area (Å²) in [4.78, 5) is 11.3. The van der Waals surface area contributed by atoms with E-state index >= 15 is 0 Å². The fourth-order valence-electron chi connectivity index (χ4n) is 1.09. The average molecular weight is 180 g/mol. The largest absolute Gasteiger partial charge is 0.462 e. The van der Waals surface area contributed by atoms with Crippen LogP contribution >= 0.6 is 0 Å². The molecule has 0 atom stereocenters. The molecule has 0 unspecified atom stereocenters. The van der Waals surface area contributed by atoms with Gasteiger partial charge >= 0.3 is 5.97 Å². The van der Waals surface area contributed by atoms with E-state index in [4.69, 9.17) is 4.74 Å². The zero-order valence-electron chi connectivity index (χ0n) is 7.07. The fourth-order valence-corrected chi connectivity index (χ4v) is 1.09. The van der Waals surface area contributed by atoms with Gasteiger partial charge in [-0.1, -0.05) is 6.07 Å². The summed E-state index contributed by atoms with van der Waals surface area (Å²) in [5.41, 5.74) is 1.44. The summed E-state index contributed by atoms with van der Waals surface area (Å²) in [7, 11) is 0. The zero-order valence-corrected chi connectivity index (χ0v) is 7.07. The van der Waals surface area contributed by atoms with Crippen LogP contribution in [0.25, 0.3) is 11.2 Å². The van der Waals surface area contributed by atoms with E-state index in [1.54, 1.807) is 25.1 Å². The van der Waals surface area contributed by atoms with Crippen LogP contribution in [-0.4, -0.2) is 12.6 Å². The molecule has 4 nitrogen and oxygen atoms in total. The van der Waals surface area contributed by atoms with Crippen LogP contribution in [0.5, 0.6) is 0 Å². The second kappa shape index (κ2) is 2.97. The second-order valence-corrected chi connectivity index (χ2v) is 2.52. The lowest BCUT2D eigenvalue weighted by atomic mass is 10.2. The van der Waals surface area contributed by atoms with Gasteiger partial charge in [0, 0.05) is 0 Å². The smallest absolute Gasteiger partial charge is 0.342 e. The maximum Gasteiger partial charge on any atom is 0.342 e. The van der Waals surface area contributed by atoms with Gasteiger partial charge in [-0.05, 0) is 19.1 Å². The standard InChI is InChI=1S/C9H8O4/c1-2-11-9(10)6-4-3-5-7-8(6)13-12-7/h3-5H,2H2,1H3. The number of hydrogen-bond donors (Lipinski definition) is 0. The van der Waals surface area contributed by atoms with Gasteiger partial charge in [-0.2, -0.15) is 0 Å². The molecule has 2 rings (SSSR count). The molecule has 68 valence electrons. The number of rotatable bonds is 2. The van der Waals surface area contributed by atoms with Gasteiger partial charge in [-0.15, -0.1) is 0 Å². The highest BCUT2D eigenvalue weighted by molar-refractivity contribution is 6.00. The number of hydrogen-bond acceptors (Lipinski definition) is 4. The van der Waals surface area contributed by atoms with Crippen molar-refractivity contribution in [3.05, 3.63) is 23.8 Å². The Kier molecular flexibility index (Phi) is 1.81. The van der Waals surface area contributed by atoms with Crippen LogP contribution in [-0.2, 0) is 4.74 Å². The molecule has 0 aliphatic rings. The van der Waals surface area contributed by atoms with Crippen molar-refractivity contribution in [2.24, 2.45) is 0 Å². The topological polar surface area (TPSA) is 52.6 Å². The minimum absolute atomic E-state index is 0.351. The lowest BCUT2D eigenvalue weighted by molar-refractivity contribution is 0.0461. The van der Waals surface area contributed by atoms with E-state index in [0.717, 1.165) is 0 Å². The summed E-state index contributed by atoms with van der Waals surface area (Å²) in [6.07, 6.45) is 0. The molecule has 0 N–H and O–H groups in total. The van der Waals surface area contributed by atoms with Crippen molar-refractivity contribution in [3.8, 4) is 0 Å². The predicted octanol–water partition coefficient (Wildman–Crippen LogP) is 2.20. The molecule has 0 bridgehead atoms. The maximum atomic E-state index is 11.3. The summed E-state index contributed by atoms with van der Waals surface area (Å²) in [5.74, 6) is -0.386. The van der Waals surface area contributed by atoms with Gasteiger partial charge < -0.3 is 4.74 Å². The second-order valence-electron chi connectivity index (χ2n) is 2.52. The molecule has 1 aromatic heterocycles. The van der Waals surface area contributed by atoms with E-state index in [0.29, 0.717) is 23.3 Å². The van der Waals surface area contributed by atoms with E-state index in [1.807, 2.05) is 0 Å². The molecule has 0 spiro atoms. The predicted molar refractivity (Wildman–Crippen MR) is 44.4 cm³/mol. The minimum Gasteiger partial charge on any atom is -0.462 e. The van der Waals surface area contributed by atoms with Crippen LogP contribution in [0.4, 0.5) is 0 Å². The van der Waals surface area contributed by atoms with Gasteiger partial charge in [0.15, 0.2) is 0 Å². The number of fused-ring (bicyclic) bond motifs is 1. The van der Waals surface area contributed by atoms with Crippen molar-refractivity contribution in [3.63, 3.8) is 0 Å². The van der Waals surface area contributed by atoms with Crippen LogP contribution in [0.15, 0.2) is 27.4 Å². The van der Waals surface area contributed by atoms with Crippen LogP contribution in [0, 0.1) is 0 Å². The average Bonchev–Trinajstić information content (AvgIpc) is 2.07. The highest BCUT2D eigenvalue weighted by atomic mass is 17.0. The molecule has 0 saturated heterocycles. The third-order valence-electron chi connectivity index (χ3n) is 1.69. The molecule has 0 aliphatic carbocycles. The Bertz CT molecular complexity index is 423. The Balaban J connectivity index is 2.39. The van der Waals surface area contributed by atoms with Crippen molar-refractivity contribution < 1.29 is 18.7 Å². The van der Waals surface area contributed by atoms with Crippen molar-refractivity contribution in [1.82, 2.24) is 0 Å². The fraction of sp³-hybridized carbons (Fsp3) is 0.222. The lowest BCUT2D eigenvalue weighted by Gasteiger charge is -2.04. The minimum atomic E-state index is -0.386. The van der Waals surface area contributed by atoms with Gasteiger partial charge in [-0.25, -0.2) is 4.79 Å². The number of para-hydroxylation sites is 1. The lowest BCUT2D eigenvalue weighted by Crippen LogP contribution is -2.05. The molecule has 0 amide bonds. The van der Waals surface area contributed by atoms with Crippen LogP contribution in [0.3, 0.4) is 0 Å². The van der Waals surface area contributed by atoms with Crippen LogP contribution in [0.2, 0.25) is 0 Å². The summed E-state index contributed by atoms with van der Waals surface area (Å²) >= 11 is 0. The molecule has 0 fully saturated rings. The Morgan fingerprint density at radius 3 is 2.92 bits per heavy atom. The highest BCUT2D eigenvalue weighted by Gasteiger charge is 2.17. The quantitative estimate of drug-likeness (QED) is 0.525. The number of ether oxygens (including phenoxy) is 1. The first-order valence-electron chi connectivity index (χ1n) is 3.97. The first kappa shape index (κ1) is 7.91. The van der Waals surface area contributed by atoms with Crippen LogP contribution in [0.1, 0.15) is 17.3 Å². The third-order valence-corrected chi connectivity index (χ3v) is 1.69. The number of benzene rings is 1. The SMILES string of the molecule is CCOC(=O)c1cccc2ooc12. The molecule has 2 aromatic rings. The maximum absolute atomic E-state index is 11.3. The van der Waals surface area contributed by atoms with Crippen molar-refractivity contribution in [2.45, 2.75) is 6.92 Å². The van der Waals surface area contributed by atoms with Gasteiger partial charge in [0.2, 0.25) is 11.2 Å². The Morgan fingerprint density at radius 1 is 1.46 bits per heavy atom. The Labute approximate surface area is 74.0 Å². The van der Waals surface area contributed by atoms with Gasteiger partial charge in [0.1, 0.15) is 5.56 Å². The third kappa shape index (κ3) is 1.20. The molecule has 1 heterocycles. The normalized spacial score (nSPS) is 10.5. The number of carbonyl (C=O) groups excluding carboxylic acids is 1. The number of esters is 1. The van der Waals surface area contributed by atoms with Crippen molar-refractivity contribution >= 4 is 17.1 Å². The van der Waals surface area contributed by atoms with Crippen molar-refractivity contribution in [2.75, 3.05) is 6.61 Å². The van der Waals surface area contributed by atoms with E-state index in [-0.39, 0.29) is 5.97 Å². The van der Waals surface area contributed by atoms with Gasteiger partial charge in [0.25, 0.3) is 0 Å². The first-order valence-corrected chi connectivity index (χ1v) is 3.97. The summed E-state index contributed by atoms with van der Waals surface area (Å²) in [6, 6.07) is 5.08. The first-order chi connectivity index (χ1) is 6.33. The van der Waals surface area contributed by atoms with E-state index in [9.17, 15) is 4.79 Å². The number of carbonyl (C=O) groups is 1. The Morgan fingerprint density at radius 2 is 2.31 bits per heavy atom. The molecule has 0 radical (unpaired) electrons. The molecular formula is C9H8O4. The van der Waals surface area contributed by atoms with E-state index in [2.05, 4.69) is 9.15 Å². The monoisotopic (exact) mass is 180 g/mol. The van der Waals surface area contributed by atoms with Gasteiger partial charge in [0.05, 0.1) is 6.61 Å².